The zero-order chi connectivity index (χ0) is 25.0. The number of aromatic nitrogens is 2. The number of para-hydroxylation sites is 3. The lowest BCUT2D eigenvalue weighted by Crippen LogP contribution is -2.24. The third-order valence-electron chi connectivity index (χ3n) is 6.49. The molecule has 1 heterocycles. The van der Waals surface area contributed by atoms with Gasteiger partial charge in [0.15, 0.2) is 0 Å². The van der Waals surface area contributed by atoms with Crippen LogP contribution in [0.5, 0.6) is 5.75 Å². The predicted molar refractivity (Wildman–Crippen MR) is 146 cm³/mol. The van der Waals surface area contributed by atoms with Gasteiger partial charge >= 0.3 is 0 Å². The first-order valence-electron chi connectivity index (χ1n) is 13.1. The number of benzene rings is 3. The lowest BCUT2D eigenvalue weighted by Gasteiger charge is -2.12. The Kier molecular flexibility index (Phi) is 9.54. The molecular weight excluding hydrogens is 446 g/mol. The molecule has 0 saturated heterocycles. The average Bonchev–Trinajstić information content (AvgIpc) is 3.26. The van der Waals surface area contributed by atoms with Crippen molar-refractivity contribution in [3.8, 4) is 5.75 Å². The third kappa shape index (κ3) is 7.45. The molecule has 0 fully saturated rings. The first-order valence-corrected chi connectivity index (χ1v) is 13.1. The van der Waals surface area contributed by atoms with E-state index in [9.17, 15) is 4.79 Å². The summed E-state index contributed by atoms with van der Waals surface area (Å²) in [4.78, 5) is 17.0. The smallest absolute Gasteiger partial charge is 0.220 e. The first-order chi connectivity index (χ1) is 17.7. The van der Waals surface area contributed by atoms with Crippen molar-refractivity contribution in [2.45, 2.75) is 58.4 Å². The number of carbonyl (C=O) groups is 1. The fourth-order valence-electron chi connectivity index (χ4n) is 4.49. The molecule has 1 amide bonds. The largest absolute Gasteiger partial charge is 0.493 e. The highest BCUT2D eigenvalue weighted by molar-refractivity contribution is 5.76. The number of amides is 1. The van der Waals surface area contributed by atoms with Crippen LogP contribution >= 0.6 is 0 Å². The lowest BCUT2D eigenvalue weighted by atomic mass is 10.1. The van der Waals surface area contributed by atoms with Gasteiger partial charge in [0.25, 0.3) is 0 Å². The molecular formula is C31H37N3O2. The van der Waals surface area contributed by atoms with Crippen LogP contribution in [0.1, 0.15) is 49.1 Å². The summed E-state index contributed by atoms with van der Waals surface area (Å²) in [5, 5.41) is 3.06. The summed E-state index contributed by atoms with van der Waals surface area (Å²) in [6, 6.07) is 26.7. The van der Waals surface area contributed by atoms with Crippen molar-refractivity contribution in [3.05, 3.63) is 95.8 Å². The van der Waals surface area contributed by atoms with Gasteiger partial charge in [-0.1, -0.05) is 67.1 Å². The van der Waals surface area contributed by atoms with Crippen molar-refractivity contribution < 1.29 is 9.53 Å². The van der Waals surface area contributed by atoms with Crippen molar-refractivity contribution in [1.82, 2.24) is 14.9 Å². The van der Waals surface area contributed by atoms with E-state index in [1.807, 2.05) is 42.5 Å². The van der Waals surface area contributed by atoms with Gasteiger partial charge in [0, 0.05) is 25.9 Å². The van der Waals surface area contributed by atoms with Gasteiger partial charge in [-0.2, -0.15) is 0 Å². The fourth-order valence-corrected chi connectivity index (χ4v) is 4.49. The van der Waals surface area contributed by atoms with Gasteiger partial charge in [-0.3, -0.25) is 4.79 Å². The van der Waals surface area contributed by atoms with E-state index >= 15 is 0 Å². The second-order valence-electron chi connectivity index (χ2n) is 9.28. The number of nitrogens with zero attached hydrogens (tertiary/aromatic N) is 2. The molecule has 1 N–H and O–H groups in total. The summed E-state index contributed by atoms with van der Waals surface area (Å²) < 4.78 is 8.36. The molecule has 0 aliphatic rings. The van der Waals surface area contributed by atoms with Gasteiger partial charge in [0.1, 0.15) is 11.6 Å². The van der Waals surface area contributed by atoms with Crippen molar-refractivity contribution in [3.63, 3.8) is 0 Å². The van der Waals surface area contributed by atoms with E-state index in [1.165, 1.54) is 16.6 Å². The highest BCUT2D eigenvalue weighted by Gasteiger charge is 2.10. The number of nitrogens with one attached hydrogen (secondary N) is 1. The summed E-state index contributed by atoms with van der Waals surface area (Å²) in [5.41, 5.74) is 4.61. The summed E-state index contributed by atoms with van der Waals surface area (Å²) >= 11 is 0. The summed E-state index contributed by atoms with van der Waals surface area (Å²) in [5.74, 6) is 2.23. The van der Waals surface area contributed by atoms with Crippen LogP contribution in [0.25, 0.3) is 11.0 Å². The molecule has 4 aromatic rings. The second kappa shape index (κ2) is 13.5. The molecule has 5 heteroatoms. The van der Waals surface area contributed by atoms with Crippen molar-refractivity contribution in [1.29, 1.82) is 0 Å². The normalized spacial score (nSPS) is 11.0. The van der Waals surface area contributed by atoms with Crippen LogP contribution in [0.3, 0.4) is 0 Å². The molecule has 0 radical (unpaired) electrons. The number of hydrogen-bond donors (Lipinski definition) is 1. The molecule has 3 aromatic carbocycles. The molecule has 188 valence electrons. The monoisotopic (exact) mass is 483 g/mol. The summed E-state index contributed by atoms with van der Waals surface area (Å²) in [7, 11) is 0. The van der Waals surface area contributed by atoms with E-state index in [2.05, 4.69) is 53.2 Å². The van der Waals surface area contributed by atoms with E-state index in [4.69, 9.17) is 9.72 Å². The number of carbonyl (C=O) groups excluding carboxylic acids is 1. The first kappa shape index (κ1) is 25.5. The van der Waals surface area contributed by atoms with Crippen LogP contribution in [0.2, 0.25) is 0 Å². The van der Waals surface area contributed by atoms with Gasteiger partial charge in [0.05, 0.1) is 17.6 Å². The number of fused-ring (bicyclic) bond motifs is 1. The Morgan fingerprint density at radius 1 is 0.861 bits per heavy atom. The highest BCUT2D eigenvalue weighted by atomic mass is 16.5. The second-order valence-corrected chi connectivity index (χ2v) is 9.28. The molecule has 1 aromatic heterocycles. The Labute approximate surface area is 214 Å². The number of ether oxygens (including phenoxy) is 1. The van der Waals surface area contributed by atoms with Crippen molar-refractivity contribution in [2.75, 3.05) is 13.2 Å². The van der Waals surface area contributed by atoms with Gasteiger partial charge in [-0.05, 0) is 61.9 Å². The fraction of sp³-hybridized carbons (Fsp3) is 0.355. The summed E-state index contributed by atoms with van der Waals surface area (Å²) in [6.45, 7) is 4.38. The van der Waals surface area contributed by atoms with Crippen LogP contribution in [-0.4, -0.2) is 28.6 Å². The topological polar surface area (TPSA) is 56.1 Å². The molecule has 0 bridgehead atoms. The van der Waals surface area contributed by atoms with Gasteiger partial charge in [-0.15, -0.1) is 0 Å². The van der Waals surface area contributed by atoms with Gasteiger partial charge in [0.2, 0.25) is 5.91 Å². The number of rotatable bonds is 14. The van der Waals surface area contributed by atoms with E-state index < -0.39 is 0 Å². The minimum Gasteiger partial charge on any atom is -0.493 e. The van der Waals surface area contributed by atoms with E-state index in [1.54, 1.807) is 0 Å². The van der Waals surface area contributed by atoms with Crippen LogP contribution in [0.15, 0.2) is 78.9 Å². The number of unbranched alkanes of at least 4 members (excludes halogenated alkanes) is 2. The maximum Gasteiger partial charge on any atom is 0.220 e. The zero-order valence-corrected chi connectivity index (χ0v) is 21.3. The standard InChI is InChI=1S/C31H37N3O2/c1-25-13-7-10-18-29(25)36-24-12-23-34-28-17-9-8-16-27(28)33-30(34)19-6-3-11-22-32-31(35)21-20-26-14-4-2-5-15-26/h2,4-5,7-10,13-18H,3,6,11-12,19-24H2,1H3,(H,32,35). The van der Waals surface area contributed by atoms with Crippen molar-refractivity contribution in [2.24, 2.45) is 0 Å². The maximum atomic E-state index is 12.1. The Balaban J connectivity index is 1.19. The minimum absolute atomic E-state index is 0.133. The Morgan fingerprint density at radius 2 is 1.64 bits per heavy atom. The maximum absolute atomic E-state index is 12.1. The number of aryl methyl sites for hydroxylation is 4. The van der Waals surface area contributed by atoms with Crippen molar-refractivity contribution >= 4 is 16.9 Å². The minimum atomic E-state index is 0.133. The lowest BCUT2D eigenvalue weighted by molar-refractivity contribution is -0.121. The molecule has 5 nitrogen and oxygen atoms in total. The third-order valence-corrected chi connectivity index (χ3v) is 6.49. The molecule has 0 saturated carbocycles. The SMILES string of the molecule is Cc1ccccc1OCCCn1c(CCCCCNC(=O)CCc2ccccc2)nc2ccccc21. The van der Waals surface area contributed by atoms with Crippen LogP contribution in [-0.2, 0) is 24.2 Å². The summed E-state index contributed by atoms with van der Waals surface area (Å²) in [6.07, 6.45) is 6.32. The molecule has 0 atom stereocenters. The van der Waals surface area contributed by atoms with Gasteiger partial charge in [-0.25, -0.2) is 4.98 Å². The van der Waals surface area contributed by atoms with E-state index in [0.717, 1.165) is 68.7 Å². The predicted octanol–water partition coefficient (Wildman–Crippen LogP) is 6.28. The van der Waals surface area contributed by atoms with Crippen LogP contribution in [0, 0.1) is 6.92 Å². The Hall–Kier alpha value is -3.60. The molecule has 36 heavy (non-hydrogen) atoms. The zero-order valence-electron chi connectivity index (χ0n) is 21.3. The molecule has 4 rings (SSSR count). The Morgan fingerprint density at radius 3 is 2.50 bits per heavy atom. The van der Waals surface area contributed by atoms with Gasteiger partial charge < -0.3 is 14.6 Å². The number of imidazole rings is 1. The molecule has 0 unspecified atom stereocenters. The molecule has 0 aliphatic carbocycles. The van der Waals surface area contributed by atoms with E-state index in [0.29, 0.717) is 13.0 Å². The Bertz CT molecular complexity index is 1230. The number of hydrogen-bond acceptors (Lipinski definition) is 3. The van der Waals surface area contributed by atoms with E-state index in [-0.39, 0.29) is 5.91 Å². The quantitative estimate of drug-likeness (QED) is 0.215. The van der Waals surface area contributed by atoms with Crippen LogP contribution < -0.4 is 10.1 Å². The highest BCUT2D eigenvalue weighted by Crippen LogP contribution is 2.20. The van der Waals surface area contributed by atoms with Crippen LogP contribution in [0.4, 0.5) is 0 Å². The molecule has 0 spiro atoms. The average molecular weight is 484 g/mol. The molecule has 0 aliphatic heterocycles.